The molecule has 1 amide bonds. The zero-order valence-corrected chi connectivity index (χ0v) is 17.6. The van der Waals surface area contributed by atoms with Gasteiger partial charge in [-0.15, -0.1) is 0 Å². The van der Waals surface area contributed by atoms with Crippen LogP contribution < -0.4 is 5.32 Å². The van der Waals surface area contributed by atoms with Crippen molar-refractivity contribution in [1.82, 2.24) is 10.2 Å². The molecule has 1 aliphatic heterocycles. The van der Waals surface area contributed by atoms with Crippen molar-refractivity contribution in [2.45, 2.75) is 89.9 Å². The van der Waals surface area contributed by atoms with E-state index in [-0.39, 0.29) is 24.4 Å². The molecule has 0 spiro atoms. The maximum Gasteiger partial charge on any atom is 0.325 e. The van der Waals surface area contributed by atoms with Gasteiger partial charge in [0.25, 0.3) is 0 Å². The monoisotopic (exact) mass is 393 g/mol. The van der Waals surface area contributed by atoms with E-state index in [2.05, 4.69) is 17.5 Å². The van der Waals surface area contributed by atoms with Crippen molar-refractivity contribution in [2.75, 3.05) is 20.2 Å². The fraction of sp³-hybridized carbons (Fsp3) is 0.773. The highest BCUT2D eigenvalue weighted by molar-refractivity contribution is 5.96. The minimum absolute atomic E-state index is 0.0212. The number of amides is 1. The fourth-order valence-electron chi connectivity index (χ4n) is 3.18. The van der Waals surface area contributed by atoms with Crippen LogP contribution in [0.25, 0.3) is 0 Å². The molecule has 0 aromatic rings. The Morgan fingerprint density at radius 1 is 0.857 bits per heavy atom. The van der Waals surface area contributed by atoms with E-state index in [1.54, 1.807) is 7.05 Å². The molecule has 0 atom stereocenters. The van der Waals surface area contributed by atoms with Crippen molar-refractivity contribution in [1.29, 1.82) is 5.41 Å². The molecule has 0 aliphatic carbocycles. The standard InChI is InChI=1S/C22H39N3O3/c1-25-19-21(27)28-18-16-14-12-10-8-6-4-2-3-5-7-9-11-13-15-17-20(26)24-22(25)23/h2-3H,4-19H2,1H3,(H2,23,24,26)/b3-2+. The largest absolute Gasteiger partial charge is 0.464 e. The molecular weight excluding hydrogens is 354 g/mol. The Kier molecular flexibility index (Phi) is 13.9. The highest BCUT2D eigenvalue weighted by Crippen LogP contribution is 2.10. The number of guanidine groups is 1. The Morgan fingerprint density at radius 3 is 2.04 bits per heavy atom. The SMILES string of the molecule is CN1CC(=O)OCCCCCCCC/C=C/CCCCCCCC(=O)NC1=N. The molecule has 0 saturated heterocycles. The van der Waals surface area contributed by atoms with Crippen LogP contribution in [0.2, 0.25) is 0 Å². The summed E-state index contributed by atoms with van der Waals surface area (Å²) in [4.78, 5) is 25.2. The van der Waals surface area contributed by atoms with E-state index < -0.39 is 0 Å². The number of likely N-dealkylation sites (N-methyl/N-ethyl adjacent to an activating group) is 1. The number of carbonyl (C=O) groups is 2. The number of esters is 1. The number of nitrogens with one attached hydrogen (secondary N) is 2. The molecule has 0 aromatic heterocycles. The lowest BCUT2D eigenvalue weighted by molar-refractivity contribution is -0.144. The average Bonchev–Trinajstić information content (AvgIpc) is 2.66. The normalized spacial score (nSPS) is 22.6. The summed E-state index contributed by atoms with van der Waals surface area (Å²) in [6, 6.07) is 0. The van der Waals surface area contributed by atoms with Crippen LogP contribution in [-0.2, 0) is 14.3 Å². The van der Waals surface area contributed by atoms with E-state index in [4.69, 9.17) is 10.1 Å². The van der Waals surface area contributed by atoms with E-state index >= 15 is 0 Å². The molecule has 28 heavy (non-hydrogen) atoms. The predicted molar refractivity (Wildman–Crippen MR) is 113 cm³/mol. The second kappa shape index (κ2) is 16.1. The van der Waals surface area contributed by atoms with Crippen LogP contribution in [0, 0.1) is 5.41 Å². The summed E-state index contributed by atoms with van der Waals surface area (Å²) in [5.41, 5.74) is 0. The van der Waals surface area contributed by atoms with Crippen molar-refractivity contribution in [3.8, 4) is 0 Å². The number of carbonyl (C=O) groups excluding carboxylic acids is 2. The van der Waals surface area contributed by atoms with E-state index in [1.165, 1.54) is 49.8 Å². The van der Waals surface area contributed by atoms with Crippen molar-refractivity contribution < 1.29 is 14.3 Å². The van der Waals surface area contributed by atoms with Gasteiger partial charge in [-0.2, -0.15) is 0 Å². The van der Waals surface area contributed by atoms with Gasteiger partial charge >= 0.3 is 5.97 Å². The highest BCUT2D eigenvalue weighted by atomic mass is 16.5. The van der Waals surface area contributed by atoms with Gasteiger partial charge in [0.05, 0.1) is 6.61 Å². The third kappa shape index (κ3) is 13.3. The maximum atomic E-state index is 11.9. The van der Waals surface area contributed by atoms with E-state index in [1.807, 2.05) is 0 Å². The first-order valence-corrected chi connectivity index (χ1v) is 11.0. The van der Waals surface area contributed by atoms with Gasteiger partial charge in [-0.1, -0.05) is 57.1 Å². The Labute approximate surface area is 170 Å². The van der Waals surface area contributed by atoms with Gasteiger partial charge in [-0.25, -0.2) is 0 Å². The second-order valence-corrected chi connectivity index (χ2v) is 7.66. The molecule has 0 unspecified atom stereocenters. The first-order valence-electron chi connectivity index (χ1n) is 11.0. The van der Waals surface area contributed by atoms with Gasteiger partial charge in [0.1, 0.15) is 6.54 Å². The molecule has 1 aliphatic rings. The summed E-state index contributed by atoms with van der Waals surface area (Å²) >= 11 is 0. The number of hydrogen-bond acceptors (Lipinski definition) is 4. The summed E-state index contributed by atoms with van der Waals surface area (Å²) in [6.45, 7) is 0.404. The fourth-order valence-corrected chi connectivity index (χ4v) is 3.18. The Balaban J connectivity index is 2.37. The molecule has 1 rings (SSSR count). The third-order valence-electron chi connectivity index (χ3n) is 4.98. The molecule has 0 bridgehead atoms. The highest BCUT2D eigenvalue weighted by Gasteiger charge is 2.13. The Bertz CT molecular complexity index is 491. The summed E-state index contributed by atoms with van der Waals surface area (Å²) < 4.78 is 5.23. The van der Waals surface area contributed by atoms with Crippen LogP contribution in [0.15, 0.2) is 12.2 Å². The number of ether oxygens (including phenoxy) is 1. The molecular formula is C22H39N3O3. The van der Waals surface area contributed by atoms with E-state index in [9.17, 15) is 9.59 Å². The van der Waals surface area contributed by atoms with E-state index in [0.717, 1.165) is 38.5 Å². The second-order valence-electron chi connectivity index (χ2n) is 7.66. The van der Waals surface area contributed by atoms with Gasteiger partial charge in [0.2, 0.25) is 5.91 Å². The molecule has 0 fully saturated rings. The van der Waals surface area contributed by atoms with Crippen LogP contribution >= 0.6 is 0 Å². The number of nitrogens with zero attached hydrogens (tertiary/aromatic N) is 1. The van der Waals surface area contributed by atoms with Gasteiger partial charge < -0.3 is 9.64 Å². The van der Waals surface area contributed by atoms with Crippen LogP contribution in [0.5, 0.6) is 0 Å². The molecule has 6 heteroatoms. The lowest BCUT2D eigenvalue weighted by Gasteiger charge is -2.19. The zero-order valence-electron chi connectivity index (χ0n) is 17.6. The molecule has 0 radical (unpaired) electrons. The third-order valence-corrected chi connectivity index (χ3v) is 4.98. The van der Waals surface area contributed by atoms with Gasteiger partial charge in [0.15, 0.2) is 5.96 Å². The minimum atomic E-state index is -0.359. The predicted octanol–water partition coefficient (Wildman–Crippen LogP) is 4.54. The van der Waals surface area contributed by atoms with Gasteiger partial charge in [-0.05, 0) is 38.5 Å². The molecule has 2 N–H and O–H groups in total. The van der Waals surface area contributed by atoms with Crippen LogP contribution in [-0.4, -0.2) is 42.9 Å². The van der Waals surface area contributed by atoms with Gasteiger partial charge in [0, 0.05) is 13.5 Å². The van der Waals surface area contributed by atoms with Gasteiger partial charge in [-0.3, -0.25) is 20.3 Å². The average molecular weight is 394 g/mol. The van der Waals surface area contributed by atoms with Crippen molar-refractivity contribution in [2.24, 2.45) is 0 Å². The van der Waals surface area contributed by atoms with Crippen LogP contribution in [0.1, 0.15) is 89.9 Å². The number of cyclic esters (lactones) is 1. The molecule has 1 heterocycles. The maximum absolute atomic E-state index is 11.9. The Hall–Kier alpha value is -1.85. The number of allylic oxidation sites excluding steroid dienone is 2. The number of rotatable bonds is 0. The summed E-state index contributed by atoms with van der Waals surface area (Å²) in [5.74, 6) is -0.575. The number of hydrogen-bond donors (Lipinski definition) is 2. The van der Waals surface area contributed by atoms with Crippen molar-refractivity contribution >= 4 is 17.8 Å². The zero-order chi connectivity index (χ0) is 20.5. The van der Waals surface area contributed by atoms with Crippen LogP contribution in [0.3, 0.4) is 0 Å². The summed E-state index contributed by atoms with van der Waals surface area (Å²) in [7, 11) is 1.61. The molecule has 0 saturated carbocycles. The van der Waals surface area contributed by atoms with Crippen LogP contribution in [0.4, 0.5) is 0 Å². The topological polar surface area (TPSA) is 82.5 Å². The van der Waals surface area contributed by atoms with Crippen molar-refractivity contribution in [3.63, 3.8) is 0 Å². The Morgan fingerprint density at radius 2 is 1.39 bits per heavy atom. The lowest BCUT2D eigenvalue weighted by Crippen LogP contribution is -2.43. The molecule has 160 valence electrons. The molecule has 6 nitrogen and oxygen atoms in total. The smallest absolute Gasteiger partial charge is 0.325 e. The van der Waals surface area contributed by atoms with Crippen molar-refractivity contribution in [3.05, 3.63) is 12.2 Å². The molecule has 0 aromatic carbocycles. The first kappa shape index (κ1) is 24.2. The summed E-state index contributed by atoms with van der Waals surface area (Å²) in [5, 5.41) is 10.5. The summed E-state index contributed by atoms with van der Waals surface area (Å²) in [6.07, 6.45) is 19.7. The minimum Gasteiger partial charge on any atom is -0.464 e. The lowest BCUT2D eigenvalue weighted by atomic mass is 10.1. The quantitative estimate of drug-likeness (QED) is 0.467. The van der Waals surface area contributed by atoms with E-state index in [0.29, 0.717) is 13.0 Å². The first-order chi connectivity index (χ1) is 13.6.